The summed E-state index contributed by atoms with van der Waals surface area (Å²) in [4.78, 5) is 23.3. The molecule has 3 heterocycles. The highest BCUT2D eigenvalue weighted by Gasteiger charge is 2.24. The third-order valence-corrected chi connectivity index (χ3v) is 6.01. The van der Waals surface area contributed by atoms with Crippen molar-refractivity contribution < 1.29 is 4.79 Å². The highest BCUT2D eigenvalue weighted by Crippen LogP contribution is 2.26. The van der Waals surface area contributed by atoms with Crippen LogP contribution in [0.3, 0.4) is 0 Å². The van der Waals surface area contributed by atoms with Crippen molar-refractivity contribution in [3.05, 3.63) is 71.5 Å². The van der Waals surface area contributed by atoms with E-state index >= 15 is 0 Å². The number of carbonyl (C=O) groups is 1. The molecule has 0 radical (unpaired) electrons. The molecular weight excluding hydrogens is 368 g/mol. The van der Waals surface area contributed by atoms with Crippen molar-refractivity contribution in [1.82, 2.24) is 20.2 Å². The van der Waals surface area contributed by atoms with Gasteiger partial charge in [-0.25, -0.2) is 4.98 Å². The zero-order valence-electron chi connectivity index (χ0n) is 15.8. The van der Waals surface area contributed by atoms with Crippen molar-refractivity contribution in [2.45, 2.75) is 18.8 Å². The minimum atomic E-state index is 0.0939. The molecule has 1 aliphatic heterocycles. The van der Waals surface area contributed by atoms with Gasteiger partial charge in [0.15, 0.2) is 0 Å². The molecule has 28 heavy (non-hydrogen) atoms. The Balaban J connectivity index is 1.20. The third kappa shape index (κ3) is 4.82. The number of hydrogen-bond acceptors (Lipinski definition) is 5. The number of carbonyl (C=O) groups excluding carboxylic acids is 1. The van der Waals surface area contributed by atoms with Gasteiger partial charge in [0.05, 0.1) is 12.2 Å². The molecule has 1 unspecified atom stereocenters. The summed E-state index contributed by atoms with van der Waals surface area (Å²) in [5.41, 5.74) is 3.41. The average Bonchev–Trinajstić information content (AvgIpc) is 3.39. The first-order chi connectivity index (χ1) is 13.8. The highest BCUT2D eigenvalue weighted by atomic mass is 32.1. The van der Waals surface area contributed by atoms with E-state index in [4.69, 9.17) is 0 Å². The van der Waals surface area contributed by atoms with Gasteiger partial charge in [-0.1, -0.05) is 30.3 Å². The summed E-state index contributed by atoms with van der Waals surface area (Å²) < 4.78 is 0. The van der Waals surface area contributed by atoms with Crippen LogP contribution in [0, 0.1) is 0 Å². The first-order valence-corrected chi connectivity index (χ1v) is 10.5. The van der Waals surface area contributed by atoms with Gasteiger partial charge >= 0.3 is 0 Å². The topological polar surface area (TPSA) is 58.1 Å². The number of benzene rings is 1. The Kier molecular flexibility index (Phi) is 6.09. The summed E-state index contributed by atoms with van der Waals surface area (Å²) in [6.45, 7) is 3.03. The van der Waals surface area contributed by atoms with Gasteiger partial charge < -0.3 is 5.32 Å². The molecule has 1 atom stereocenters. The fourth-order valence-electron chi connectivity index (χ4n) is 3.61. The standard InChI is InChI=1S/C22H24N4OS/c27-21(15-26-12-9-19(14-26)17-5-2-1-3-6-17)24-11-8-20-16-28-22(25-20)18-7-4-10-23-13-18/h1-7,10,13,16,19H,8-9,11-12,14-15H2,(H,24,27). The van der Waals surface area contributed by atoms with Gasteiger partial charge in [-0.15, -0.1) is 11.3 Å². The molecule has 0 saturated carbocycles. The molecule has 0 bridgehead atoms. The highest BCUT2D eigenvalue weighted by molar-refractivity contribution is 7.13. The van der Waals surface area contributed by atoms with E-state index in [0.717, 1.165) is 42.2 Å². The molecule has 5 nitrogen and oxygen atoms in total. The number of nitrogens with one attached hydrogen (secondary N) is 1. The normalized spacial score (nSPS) is 16.9. The maximum absolute atomic E-state index is 12.3. The molecule has 6 heteroatoms. The predicted molar refractivity (Wildman–Crippen MR) is 112 cm³/mol. The SMILES string of the molecule is O=C(CN1CCC(c2ccccc2)C1)NCCc1csc(-c2cccnc2)n1. The van der Waals surface area contributed by atoms with Crippen molar-refractivity contribution in [1.29, 1.82) is 0 Å². The summed E-state index contributed by atoms with van der Waals surface area (Å²) in [5.74, 6) is 0.631. The molecule has 1 N–H and O–H groups in total. The molecule has 3 aromatic rings. The lowest BCUT2D eigenvalue weighted by atomic mass is 9.99. The van der Waals surface area contributed by atoms with E-state index in [1.807, 2.05) is 24.4 Å². The minimum Gasteiger partial charge on any atom is -0.355 e. The molecule has 144 valence electrons. The van der Waals surface area contributed by atoms with Crippen LogP contribution in [0.5, 0.6) is 0 Å². The molecule has 1 aliphatic rings. The Morgan fingerprint density at radius 2 is 2.11 bits per heavy atom. The van der Waals surface area contributed by atoms with Crippen molar-refractivity contribution in [2.24, 2.45) is 0 Å². The Morgan fingerprint density at radius 3 is 2.93 bits per heavy atom. The van der Waals surface area contributed by atoms with Gasteiger partial charge in [0.1, 0.15) is 5.01 Å². The van der Waals surface area contributed by atoms with E-state index in [1.165, 1.54) is 5.56 Å². The second kappa shape index (κ2) is 9.08. The van der Waals surface area contributed by atoms with E-state index in [1.54, 1.807) is 17.5 Å². The smallest absolute Gasteiger partial charge is 0.234 e. The molecule has 1 aromatic carbocycles. The number of aromatic nitrogens is 2. The van der Waals surface area contributed by atoms with Crippen LogP contribution in [0.1, 0.15) is 23.6 Å². The number of hydrogen-bond donors (Lipinski definition) is 1. The van der Waals surface area contributed by atoms with Crippen molar-refractivity contribution in [2.75, 3.05) is 26.2 Å². The van der Waals surface area contributed by atoms with E-state index in [9.17, 15) is 4.79 Å². The van der Waals surface area contributed by atoms with Crippen LogP contribution in [0.25, 0.3) is 10.6 Å². The van der Waals surface area contributed by atoms with Crippen molar-refractivity contribution in [3.8, 4) is 10.6 Å². The first kappa shape index (κ1) is 18.8. The summed E-state index contributed by atoms with van der Waals surface area (Å²) in [5, 5.41) is 6.06. The van der Waals surface area contributed by atoms with Gasteiger partial charge in [0.25, 0.3) is 0 Å². The van der Waals surface area contributed by atoms with Gasteiger partial charge in [0.2, 0.25) is 5.91 Å². The quantitative estimate of drug-likeness (QED) is 0.670. The number of thiazole rings is 1. The van der Waals surface area contributed by atoms with Crippen LogP contribution in [0.4, 0.5) is 0 Å². The second-order valence-electron chi connectivity index (χ2n) is 7.12. The lowest BCUT2D eigenvalue weighted by molar-refractivity contribution is -0.122. The molecule has 0 spiro atoms. The lowest BCUT2D eigenvalue weighted by Gasteiger charge is -2.15. The minimum absolute atomic E-state index is 0.0939. The van der Waals surface area contributed by atoms with Gasteiger partial charge in [0, 0.05) is 42.8 Å². The summed E-state index contributed by atoms with van der Waals surface area (Å²) >= 11 is 1.61. The zero-order chi connectivity index (χ0) is 19.2. The Bertz CT molecular complexity index is 897. The summed E-state index contributed by atoms with van der Waals surface area (Å²) in [7, 11) is 0. The largest absolute Gasteiger partial charge is 0.355 e. The molecule has 1 saturated heterocycles. The fourth-order valence-corrected chi connectivity index (χ4v) is 4.45. The molecule has 4 rings (SSSR count). The van der Waals surface area contributed by atoms with Crippen LogP contribution in [0.15, 0.2) is 60.2 Å². The first-order valence-electron chi connectivity index (χ1n) is 9.67. The Hall–Kier alpha value is -2.57. The molecule has 2 aromatic heterocycles. The second-order valence-corrected chi connectivity index (χ2v) is 7.98. The van der Waals surface area contributed by atoms with E-state index in [0.29, 0.717) is 19.0 Å². The lowest BCUT2D eigenvalue weighted by Crippen LogP contribution is -2.36. The maximum Gasteiger partial charge on any atom is 0.234 e. The number of amides is 1. The predicted octanol–water partition coefficient (Wildman–Crippen LogP) is 3.35. The third-order valence-electron chi connectivity index (χ3n) is 5.07. The van der Waals surface area contributed by atoms with Gasteiger partial charge in [-0.3, -0.25) is 14.7 Å². The number of pyridine rings is 1. The summed E-state index contributed by atoms with van der Waals surface area (Å²) in [6, 6.07) is 14.5. The molecule has 1 amide bonds. The van der Waals surface area contributed by atoms with Crippen LogP contribution in [-0.4, -0.2) is 47.0 Å². The zero-order valence-corrected chi connectivity index (χ0v) is 16.6. The van der Waals surface area contributed by atoms with Gasteiger partial charge in [-0.2, -0.15) is 0 Å². The molecule has 0 aliphatic carbocycles. The Labute approximate surface area is 169 Å². The number of nitrogens with zero attached hydrogens (tertiary/aromatic N) is 3. The average molecular weight is 393 g/mol. The molecular formula is C22H24N4OS. The van der Waals surface area contributed by atoms with E-state index in [-0.39, 0.29) is 5.91 Å². The van der Waals surface area contributed by atoms with Crippen LogP contribution in [0.2, 0.25) is 0 Å². The van der Waals surface area contributed by atoms with Gasteiger partial charge in [-0.05, 0) is 36.6 Å². The van der Waals surface area contributed by atoms with Crippen molar-refractivity contribution >= 4 is 17.2 Å². The molecule has 1 fully saturated rings. The van der Waals surface area contributed by atoms with E-state index < -0.39 is 0 Å². The van der Waals surface area contributed by atoms with Crippen LogP contribution >= 0.6 is 11.3 Å². The van der Waals surface area contributed by atoms with E-state index in [2.05, 4.69) is 49.8 Å². The fraction of sp³-hybridized carbons (Fsp3) is 0.318. The maximum atomic E-state index is 12.3. The van der Waals surface area contributed by atoms with Crippen LogP contribution < -0.4 is 5.32 Å². The number of likely N-dealkylation sites (tertiary alicyclic amines) is 1. The van der Waals surface area contributed by atoms with Crippen molar-refractivity contribution in [3.63, 3.8) is 0 Å². The van der Waals surface area contributed by atoms with Crippen LogP contribution in [-0.2, 0) is 11.2 Å². The summed E-state index contributed by atoms with van der Waals surface area (Å²) in [6.07, 6.45) is 5.45. The number of rotatable bonds is 7. The monoisotopic (exact) mass is 392 g/mol. The Morgan fingerprint density at radius 1 is 1.21 bits per heavy atom.